The lowest BCUT2D eigenvalue weighted by Crippen LogP contribution is -2.21. The third-order valence-corrected chi connectivity index (χ3v) is 5.15. The molecule has 29 heavy (non-hydrogen) atoms. The van der Waals surface area contributed by atoms with Crippen LogP contribution in [0.4, 0.5) is 5.69 Å². The summed E-state index contributed by atoms with van der Waals surface area (Å²) in [7, 11) is 0. The summed E-state index contributed by atoms with van der Waals surface area (Å²) in [5.74, 6) is 1.17. The van der Waals surface area contributed by atoms with E-state index < -0.39 is 0 Å². The van der Waals surface area contributed by atoms with Gasteiger partial charge in [0.1, 0.15) is 17.0 Å². The third-order valence-electron chi connectivity index (χ3n) is 5.15. The van der Waals surface area contributed by atoms with Gasteiger partial charge < -0.3 is 19.8 Å². The Labute approximate surface area is 169 Å². The standard InChI is InChI=1S/C23H25N3O3/c1-3-26(4-2)15-6-9-19-21(12-15)29-22-14-20(27)17-8-7-16(28-11-5-10-24)13-18(17)23(22)25-19/h6-9,12-14H,3-5,10-11,24H2,1-2H3. The summed E-state index contributed by atoms with van der Waals surface area (Å²) in [5.41, 5.74) is 8.59. The zero-order valence-corrected chi connectivity index (χ0v) is 16.8. The molecule has 0 amide bonds. The second-order valence-electron chi connectivity index (χ2n) is 6.96. The molecule has 2 aromatic carbocycles. The SMILES string of the molecule is CCN(CC)c1ccc2nc3c4cc(OCCCN)ccc4c(=O)cc-3oc2c1. The highest BCUT2D eigenvalue weighted by Crippen LogP contribution is 2.33. The zero-order chi connectivity index (χ0) is 20.4. The summed E-state index contributed by atoms with van der Waals surface area (Å²) < 4.78 is 11.9. The molecule has 6 nitrogen and oxygen atoms in total. The minimum Gasteiger partial charge on any atom is -0.494 e. The predicted molar refractivity (Wildman–Crippen MR) is 117 cm³/mol. The van der Waals surface area contributed by atoms with E-state index >= 15 is 0 Å². The summed E-state index contributed by atoms with van der Waals surface area (Å²) in [6.07, 6.45) is 0.771. The Bertz CT molecular complexity index is 1180. The predicted octanol–water partition coefficient (Wildman–Crippen LogP) is 4.02. The van der Waals surface area contributed by atoms with Crippen LogP contribution in [0.2, 0.25) is 0 Å². The van der Waals surface area contributed by atoms with Crippen LogP contribution in [0.25, 0.3) is 33.3 Å². The van der Waals surface area contributed by atoms with Crippen LogP contribution in [0.5, 0.6) is 5.75 Å². The molecule has 0 saturated heterocycles. The molecule has 0 bridgehead atoms. The number of anilines is 1. The van der Waals surface area contributed by atoms with Crippen molar-refractivity contribution in [3.8, 4) is 17.2 Å². The van der Waals surface area contributed by atoms with Gasteiger partial charge in [0.25, 0.3) is 0 Å². The number of benzene rings is 3. The van der Waals surface area contributed by atoms with Crippen molar-refractivity contribution in [1.82, 2.24) is 4.98 Å². The molecule has 0 spiro atoms. The number of hydrogen-bond acceptors (Lipinski definition) is 6. The maximum absolute atomic E-state index is 12.6. The van der Waals surface area contributed by atoms with Crippen molar-refractivity contribution in [2.24, 2.45) is 5.73 Å². The van der Waals surface area contributed by atoms with Gasteiger partial charge in [-0.1, -0.05) is 0 Å². The van der Waals surface area contributed by atoms with E-state index in [4.69, 9.17) is 19.9 Å². The van der Waals surface area contributed by atoms with Gasteiger partial charge in [0, 0.05) is 41.7 Å². The van der Waals surface area contributed by atoms with E-state index in [0.29, 0.717) is 41.3 Å². The number of hydrogen-bond donors (Lipinski definition) is 1. The molecule has 0 atom stereocenters. The maximum Gasteiger partial charge on any atom is 0.190 e. The highest BCUT2D eigenvalue weighted by molar-refractivity contribution is 5.97. The summed E-state index contributed by atoms with van der Waals surface area (Å²) >= 11 is 0. The van der Waals surface area contributed by atoms with Gasteiger partial charge in [-0.3, -0.25) is 4.79 Å². The lowest BCUT2D eigenvalue weighted by Gasteiger charge is -2.21. The van der Waals surface area contributed by atoms with Crippen molar-refractivity contribution < 1.29 is 9.15 Å². The molecule has 1 aliphatic heterocycles. The molecule has 0 fully saturated rings. The highest BCUT2D eigenvalue weighted by Gasteiger charge is 2.17. The van der Waals surface area contributed by atoms with E-state index in [9.17, 15) is 4.79 Å². The maximum atomic E-state index is 12.6. The molecular weight excluding hydrogens is 366 g/mol. The number of aromatic nitrogens is 1. The second-order valence-corrected chi connectivity index (χ2v) is 6.96. The van der Waals surface area contributed by atoms with Gasteiger partial charge in [-0.15, -0.1) is 0 Å². The molecule has 0 radical (unpaired) electrons. The van der Waals surface area contributed by atoms with Gasteiger partial charge in [-0.25, -0.2) is 4.98 Å². The highest BCUT2D eigenvalue weighted by atomic mass is 16.5. The van der Waals surface area contributed by atoms with Crippen molar-refractivity contribution in [2.45, 2.75) is 20.3 Å². The molecule has 150 valence electrons. The largest absolute Gasteiger partial charge is 0.494 e. The smallest absolute Gasteiger partial charge is 0.190 e. The van der Waals surface area contributed by atoms with Gasteiger partial charge in [0.05, 0.1) is 6.61 Å². The Morgan fingerprint density at radius 1 is 1.07 bits per heavy atom. The molecule has 2 aromatic rings. The van der Waals surface area contributed by atoms with E-state index in [1.807, 2.05) is 18.2 Å². The first-order valence-corrected chi connectivity index (χ1v) is 10.0. The monoisotopic (exact) mass is 391 g/mol. The quantitative estimate of drug-likeness (QED) is 0.291. The molecule has 4 rings (SSSR count). The number of ether oxygens (including phenoxy) is 1. The molecular formula is C23H25N3O3. The Hall–Kier alpha value is -3.12. The normalized spacial score (nSPS) is 11.4. The molecule has 1 aliphatic carbocycles. The molecule has 0 unspecified atom stereocenters. The summed E-state index contributed by atoms with van der Waals surface area (Å²) in [6, 6.07) is 13.0. The Morgan fingerprint density at radius 2 is 1.90 bits per heavy atom. The van der Waals surface area contributed by atoms with Crippen LogP contribution < -0.4 is 20.8 Å². The Balaban J connectivity index is 1.87. The third kappa shape index (κ3) is 3.63. The molecule has 6 heteroatoms. The van der Waals surface area contributed by atoms with Crippen LogP contribution in [0.15, 0.2) is 51.7 Å². The molecule has 0 aromatic heterocycles. The van der Waals surface area contributed by atoms with E-state index in [1.54, 1.807) is 12.1 Å². The fraction of sp³-hybridized carbons (Fsp3) is 0.304. The van der Waals surface area contributed by atoms with Crippen molar-refractivity contribution in [3.05, 3.63) is 52.7 Å². The van der Waals surface area contributed by atoms with Crippen LogP contribution in [0.1, 0.15) is 20.3 Å². The number of nitrogens with zero attached hydrogens (tertiary/aromatic N) is 2. The minimum absolute atomic E-state index is 0.0918. The van der Waals surface area contributed by atoms with E-state index in [2.05, 4.69) is 24.8 Å². The fourth-order valence-corrected chi connectivity index (χ4v) is 3.59. The number of rotatable bonds is 7. The van der Waals surface area contributed by atoms with Crippen molar-refractivity contribution in [1.29, 1.82) is 0 Å². The van der Waals surface area contributed by atoms with Crippen LogP contribution in [-0.4, -0.2) is 31.2 Å². The van der Waals surface area contributed by atoms with Gasteiger partial charge in [-0.05, 0) is 57.1 Å². The Morgan fingerprint density at radius 3 is 2.66 bits per heavy atom. The van der Waals surface area contributed by atoms with Gasteiger partial charge in [-0.2, -0.15) is 0 Å². The fourth-order valence-electron chi connectivity index (χ4n) is 3.59. The zero-order valence-electron chi connectivity index (χ0n) is 16.8. The topological polar surface area (TPSA) is 81.6 Å². The van der Waals surface area contributed by atoms with Crippen molar-refractivity contribution >= 4 is 27.6 Å². The van der Waals surface area contributed by atoms with Crippen molar-refractivity contribution in [3.63, 3.8) is 0 Å². The number of nitrogens with two attached hydrogens (primary N) is 1. The number of fused-ring (bicyclic) bond motifs is 4. The second kappa shape index (κ2) is 8.09. The van der Waals surface area contributed by atoms with Crippen LogP contribution in [0.3, 0.4) is 0 Å². The van der Waals surface area contributed by atoms with Crippen LogP contribution >= 0.6 is 0 Å². The first kappa shape index (κ1) is 19.2. The molecule has 2 N–H and O–H groups in total. The summed E-state index contributed by atoms with van der Waals surface area (Å²) in [6.45, 7) is 7.16. The first-order valence-electron chi connectivity index (χ1n) is 10.0. The van der Waals surface area contributed by atoms with E-state index in [1.165, 1.54) is 6.07 Å². The molecule has 0 saturated carbocycles. The summed E-state index contributed by atoms with van der Waals surface area (Å²) in [4.78, 5) is 19.7. The van der Waals surface area contributed by atoms with Gasteiger partial charge in [0.2, 0.25) is 0 Å². The Kier molecular flexibility index (Phi) is 5.36. The average Bonchev–Trinajstić information content (AvgIpc) is 2.74. The van der Waals surface area contributed by atoms with E-state index in [0.717, 1.165) is 36.1 Å². The molecule has 2 aliphatic rings. The minimum atomic E-state index is -0.0918. The lowest BCUT2D eigenvalue weighted by atomic mass is 10.0. The average molecular weight is 391 g/mol. The van der Waals surface area contributed by atoms with Crippen LogP contribution in [-0.2, 0) is 0 Å². The first-order chi connectivity index (χ1) is 14.1. The van der Waals surface area contributed by atoms with Gasteiger partial charge in [0.15, 0.2) is 16.8 Å². The lowest BCUT2D eigenvalue weighted by molar-refractivity contribution is 0.314. The summed E-state index contributed by atoms with van der Waals surface area (Å²) in [5, 5.41) is 1.33. The van der Waals surface area contributed by atoms with Gasteiger partial charge >= 0.3 is 0 Å². The van der Waals surface area contributed by atoms with E-state index in [-0.39, 0.29) is 5.43 Å². The van der Waals surface area contributed by atoms with Crippen LogP contribution in [0, 0.1) is 0 Å². The van der Waals surface area contributed by atoms with Crippen molar-refractivity contribution in [2.75, 3.05) is 31.1 Å². The molecule has 1 heterocycles.